The minimum atomic E-state index is 0.983. The highest BCUT2D eigenvalue weighted by atomic mass is 13.8. The molecule has 0 aromatic carbocycles. The maximum Gasteiger partial charge on any atom is -0.0124 e. The third kappa shape index (κ3) is 0.713. The van der Waals surface area contributed by atoms with Gasteiger partial charge in [0, 0.05) is 0 Å². The van der Waals surface area contributed by atoms with E-state index in [0.717, 1.165) is 6.42 Å². The zero-order valence-electron chi connectivity index (χ0n) is 3.52. The quantitative estimate of drug-likeness (QED) is 0.412. The normalized spacial score (nSPS) is 18.7. The minimum absolute atomic E-state index is 0.983. The predicted molar refractivity (Wildman–Crippen MR) is 25.9 cm³/mol. The molecule has 0 aromatic rings. The Morgan fingerprint density at radius 3 is 2.50 bits per heavy atom. The van der Waals surface area contributed by atoms with Gasteiger partial charge >= 0.3 is 0 Å². The van der Waals surface area contributed by atoms with E-state index < -0.39 is 0 Å². The molecular formula is C6H6. The fraction of sp³-hybridized carbons (Fsp3) is 0.167. The first-order valence-corrected chi connectivity index (χ1v) is 2.05. The maximum absolute atomic E-state index is 3.02. The molecule has 0 bridgehead atoms. The Morgan fingerprint density at radius 2 is 2.33 bits per heavy atom. The summed E-state index contributed by atoms with van der Waals surface area (Å²) >= 11 is 0. The molecule has 0 spiro atoms. The molecule has 0 heteroatoms. The molecule has 0 amide bonds. The number of hydrogen-bond donors (Lipinski definition) is 0. The summed E-state index contributed by atoms with van der Waals surface area (Å²) in [4.78, 5) is 0. The summed E-state index contributed by atoms with van der Waals surface area (Å²) in [7, 11) is 0. The van der Waals surface area contributed by atoms with Crippen LogP contribution in [0.1, 0.15) is 6.42 Å². The van der Waals surface area contributed by atoms with Crippen LogP contribution in [0.3, 0.4) is 0 Å². The second-order valence-corrected chi connectivity index (χ2v) is 1.20. The van der Waals surface area contributed by atoms with Crippen LogP contribution in [-0.4, -0.2) is 0 Å². The van der Waals surface area contributed by atoms with E-state index in [1.54, 1.807) is 0 Å². The summed E-state index contributed by atoms with van der Waals surface area (Å²) in [6, 6.07) is 0. The van der Waals surface area contributed by atoms with Gasteiger partial charge in [-0.3, -0.25) is 0 Å². The van der Waals surface area contributed by atoms with Crippen molar-refractivity contribution in [3.05, 3.63) is 30.7 Å². The van der Waals surface area contributed by atoms with E-state index in [1.807, 2.05) is 18.2 Å². The second-order valence-electron chi connectivity index (χ2n) is 1.20. The Kier molecular flexibility index (Phi) is 1.10. The Labute approximate surface area is 38.2 Å². The molecule has 30 valence electrons. The smallest absolute Gasteiger partial charge is 0.0124 e. The monoisotopic (exact) mass is 78.0 g/mol. The Balaban J connectivity index is 2.46. The van der Waals surface area contributed by atoms with E-state index in [9.17, 15) is 0 Å². The second kappa shape index (κ2) is 1.81. The summed E-state index contributed by atoms with van der Waals surface area (Å²) in [5, 5.41) is 0. The molecule has 2 radical (unpaired) electrons. The lowest BCUT2D eigenvalue weighted by atomic mass is 10.2. The molecule has 0 saturated carbocycles. The van der Waals surface area contributed by atoms with Gasteiger partial charge < -0.3 is 0 Å². The van der Waals surface area contributed by atoms with Crippen molar-refractivity contribution >= 4 is 0 Å². The molecule has 0 heterocycles. The van der Waals surface area contributed by atoms with Crippen LogP contribution in [0.25, 0.3) is 0 Å². The van der Waals surface area contributed by atoms with E-state index in [0.29, 0.717) is 0 Å². The van der Waals surface area contributed by atoms with Crippen LogP contribution in [0, 0.1) is 12.5 Å². The van der Waals surface area contributed by atoms with Crippen molar-refractivity contribution in [2.45, 2.75) is 6.42 Å². The van der Waals surface area contributed by atoms with Gasteiger partial charge in [-0.2, -0.15) is 0 Å². The molecule has 6 heavy (non-hydrogen) atoms. The van der Waals surface area contributed by atoms with Gasteiger partial charge in [0.2, 0.25) is 0 Å². The topological polar surface area (TPSA) is 0 Å². The van der Waals surface area contributed by atoms with Crippen molar-refractivity contribution in [3.8, 4) is 0 Å². The van der Waals surface area contributed by atoms with Crippen molar-refractivity contribution in [3.63, 3.8) is 0 Å². The highest BCUT2D eigenvalue weighted by molar-refractivity contribution is 5.11. The Bertz CT molecular complexity index is 66.0. The van der Waals surface area contributed by atoms with E-state index in [-0.39, 0.29) is 0 Å². The number of hydrogen-bond acceptors (Lipinski definition) is 0. The first-order chi connectivity index (χ1) is 3.00. The highest BCUT2D eigenvalue weighted by Gasteiger charge is 1.78. The fourth-order valence-corrected chi connectivity index (χ4v) is 0.406. The van der Waals surface area contributed by atoms with Crippen LogP contribution in [0.2, 0.25) is 0 Å². The summed E-state index contributed by atoms with van der Waals surface area (Å²) < 4.78 is 0. The molecule has 0 unspecified atom stereocenters. The van der Waals surface area contributed by atoms with Crippen LogP contribution in [0.5, 0.6) is 0 Å². The van der Waals surface area contributed by atoms with Crippen LogP contribution in [0.4, 0.5) is 0 Å². The third-order valence-electron chi connectivity index (χ3n) is 0.697. The van der Waals surface area contributed by atoms with Crippen LogP contribution < -0.4 is 0 Å². The zero-order chi connectivity index (χ0) is 4.24. The third-order valence-corrected chi connectivity index (χ3v) is 0.697. The van der Waals surface area contributed by atoms with Crippen molar-refractivity contribution in [2.24, 2.45) is 0 Å². The van der Waals surface area contributed by atoms with Crippen molar-refractivity contribution < 1.29 is 0 Å². The van der Waals surface area contributed by atoms with Crippen molar-refractivity contribution in [1.29, 1.82) is 0 Å². The van der Waals surface area contributed by atoms with Gasteiger partial charge in [-0.1, -0.05) is 18.2 Å². The van der Waals surface area contributed by atoms with E-state index in [1.165, 1.54) is 0 Å². The summed E-state index contributed by atoms with van der Waals surface area (Å²) in [5.41, 5.74) is 0. The average molecular weight is 78.1 g/mol. The highest BCUT2D eigenvalue weighted by Crippen LogP contribution is 1.95. The van der Waals surface area contributed by atoms with Crippen LogP contribution in [-0.2, 0) is 0 Å². The Hall–Kier alpha value is -0.520. The number of allylic oxidation sites excluding steroid dienone is 4. The maximum atomic E-state index is 3.02. The molecule has 0 fully saturated rings. The summed E-state index contributed by atoms with van der Waals surface area (Å²) in [6.45, 7) is 0. The lowest BCUT2D eigenvalue weighted by molar-refractivity contribution is 1.23. The largest absolute Gasteiger partial charge is 0.0805 e. The lowest BCUT2D eigenvalue weighted by Crippen LogP contribution is -1.70. The lowest BCUT2D eigenvalue weighted by Gasteiger charge is -1.86. The summed E-state index contributed by atoms with van der Waals surface area (Å²) in [5.74, 6) is 0. The molecule has 0 N–H and O–H groups in total. The van der Waals surface area contributed by atoms with E-state index in [4.69, 9.17) is 0 Å². The van der Waals surface area contributed by atoms with E-state index in [2.05, 4.69) is 12.5 Å². The molecule has 1 aliphatic carbocycles. The van der Waals surface area contributed by atoms with Crippen molar-refractivity contribution in [1.82, 2.24) is 0 Å². The van der Waals surface area contributed by atoms with E-state index >= 15 is 0 Å². The summed E-state index contributed by atoms with van der Waals surface area (Å²) in [6.07, 6.45) is 12.0. The molecule has 1 rings (SSSR count). The standard InChI is InChI=1S/C6H6/c1-2-4-6-5-3-1/h1-4H,5H2. The first kappa shape index (κ1) is 3.66. The molecule has 0 saturated heterocycles. The SMILES string of the molecule is [C]1=CC=C[CH]C1. The molecule has 1 aliphatic rings. The number of rotatable bonds is 0. The van der Waals surface area contributed by atoms with Gasteiger partial charge in [0.1, 0.15) is 0 Å². The first-order valence-electron chi connectivity index (χ1n) is 2.05. The van der Waals surface area contributed by atoms with Crippen molar-refractivity contribution in [2.75, 3.05) is 0 Å². The molecule has 0 nitrogen and oxygen atoms in total. The predicted octanol–water partition coefficient (Wildman–Crippen LogP) is 1.51. The van der Waals surface area contributed by atoms with Gasteiger partial charge in [0.05, 0.1) is 0 Å². The van der Waals surface area contributed by atoms with Crippen LogP contribution in [0.15, 0.2) is 18.2 Å². The molecule has 0 aliphatic heterocycles. The van der Waals surface area contributed by atoms with Gasteiger partial charge in [-0.05, 0) is 18.9 Å². The van der Waals surface area contributed by atoms with Gasteiger partial charge in [-0.25, -0.2) is 0 Å². The fourth-order valence-electron chi connectivity index (χ4n) is 0.406. The van der Waals surface area contributed by atoms with Gasteiger partial charge in [0.25, 0.3) is 0 Å². The minimum Gasteiger partial charge on any atom is -0.0805 e. The van der Waals surface area contributed by atoms with Gasteiger partial charge in [-0.15, -0.1) is 0 Å². The van der Waals surface area contributed by atoms with Gasteiger partial charge in [0.15, 0.2) is 0 Å². The average Bonchev–Trinajstić information content (AvgIpc) is 1.72. The zero-order valence-corrected chi connectivity index (χ0v) is 3.52. The Morgan fingerprint density at radius 1 is 1.33 bits per heavy atom. The van der Waals surface area contributed by atoms with Crippen LogP contribution >= 0.6 is 0 Å². The molecule has 0 atom stereocenters. The molecular weight excluding hydrogens is 72.1 g/mol. The molecule has 0 aromatic heterocycles.